The molecule has 29 heavy (non-hydrogen) atoms. The minimum Gasteiger partial charge on any atom is -0.494 e. The van der Waals surface area contributed by atoms with Gasteiger partial charge in [-0.1, -0.05) is 0 Å². The highest BCUT2D eigenvalue weighted by molar-refractivity contribution is 7.85. The number of benzene rings is 2. The number of methoxy groups -OCH3 is 1. The van der Waals surface area contributed by atoms with Gasteiger partial charge in [-0.15, -0.1) is 10.2 Å². The number of aromatic hydroxyl groups is 1. The Kier molecular flexibility index (Phi) is 5.40. The number of azo groups is 1. The quantitative estimate of drug-likeness (QED) is 0.475. The molecule has 9 nitrogen and oxygen atoms in total. The molecule has 152 valence electrons. The third kappa shape index (κ3) is 4.13. The van der Waals surface area contributed by atoms with Gasteiger partial charge in [0.2, 0.25) is 5.88 Å². The lowest BCUT2D eigenvalue weighted by atomic mass is 10.1. The highest BCUT2D eigenvalue weighted by Crippen LogP contribution is 2.36. The van der Waals surface area contributed by atoms with E-state index >= 15 is 0 Å². The van der Waals surface area contributed by atoms with Crippen LogP contribution in [0.15, 0.2) is 51.5 Å². The minimum atomic E-state index is -4.30. The molecule has 0 spiro atoms. The van der Waals surface area contributed by atoms with E-state index in [1.165, 1.54) is 28.9 Å². The molecule has 0 unspecified atom stereocenters. The summed E-state index contributed by atoms with van der Waals surface area (Å²) in [5.74, 6) is 0.302. The van der Waals surface area contributed by atoms with Crippen molar-refractivity contribution in [1.29, 1.82) is 0 Å². The molecule has 3 rings (SSSR count). The Morgan fingerprint density at radius 1 is 1.03 bits per heavy atom. The lowest BCUT2D eigenvalue weighted by molar-refractivity contribution is 0.415. The Morgan fingerprint density at radius 3 is 2.24 bits per heavy atom. The SMILES string of the molecule is COc1cc(C)c(C)cc1/N=N/c1c(C)nn(-c2ccc(S(=O)(=O)O)cc2)c1O. The molecule has 0 radical (unpaired) electrons. The van der Waals surface area contributed by atoms with E-state index in [2.05, 4.69) is 15.3 Å². The fraction of sp³-hybridized carbons (Fsp3) is 0.211. The standard InChI is InChI=1S/C19H20N4O5S/c1-11-9-16(17(28-4)10-12(11)2)20-21-18-13(3)22-23(19(18)24)14-5-7-15(8-6-14)29(25,26)27/h5-10,24H,1-4H3,(H,25,26,27)/b21-20+. The van der Waals surface area contributed by atoms with Gasteiger partial charge in [0.05, 0.1) is 23.4 Å². The maximum Gasteiger partial charge on any atom is 0.294 e. The maximum atomic E-state index is 11.2. The predicted molar refractivity (Wildman–Crippen MR) is 106 cm³/mol. The second-order valence-electron chi connectivity index (χ2n) is 6.45. The van der Waals surface area contributed by atoms with Gasteiger partial charge in [0.1, 0.15) is 11.4 Å². The predicted octanol–water partition coefficient (Wildman–Crippen LogP) is 4.17. The van der Waals surface area contributed by atoms with Gasteiger partial charge in [-0.05, 0) is 68.3 Å². The van der Waals surface area contributed by atoms with E-state index < -0.39 is 10.1 Å². The number of hydrogen-bond acceptors (Lipinski definition) is 7. The Labute approximate surface area is 168 Å². The zero-order chi connectivity index (χ0) is 21.3. The summed E-state index contributed by atoms with van der Waals surface area (Å²) in [5, 5.41) is 23.1. The van der Waals surface area contributed by atoms with Crippen molar-refractivity contribution in [2.75, 3.05) is 7.11 Å². The highest BCUT2D eigenvalue weighted by Gasteiger charge is 2.17. The molecule has 1 aromatic heterocycles. The summed E-state index contributed by atoms with van der Waals surface area (Å²) in [7, 11) is -2.76. The van der Waals surface area contributed by atoms with Crippen LogP contribution in [0.2, 0.25) is 0 Å². The first kappa shape index (κ1) is 20.5. The molecule has 0 saturated carbocycles. The molecule has 2 aromatic carbocycles. The van der Waals surface area contributed by atoms with Crippen LogP contribution in [0, 0.1) is 20.8 Å². The molecule has 0 aliphatic carbocycles. The molecule has 0 bridgehead atoms. The first-order valence-electron chi connectivity index (χ1n) is 8.55. The van der Waals surface area contributed by atoms with Crippen LogP contribution >= 0.6 is 0 Å². The third-order valence-corrected chi connectivity index (χ3v) is 5.31. The minimum absolute atomic E-state index is 0.170. The Bertz CT molecular complexity index is 1200. The molecule has 0 amide bonds. The largest absolute Gasteiger partial charge is 0.494 e. The highest BCUT2D eigenvalue weighted by atomic mass is 32.2. The zero-order valence-corrected chi connectivity index (χ0v) is 17.1. The summed E-state index contributed by atoms with van der Waals surface area (Å²) in [6.45, 7) is 5.58. The summed E-state index contributed by atoms with van der Waals surface area (Å²) in [4.78, 5) is -0.258. The topological polar surface area (TPSA) is 126 Å². The second-order valence-corrected chi connectivity index (χ2v) is 7.87. The fourth-order valence-corrected chi connectivity index (χ4v) is 3.16. The first-order valence-corrected chi connectivity index (χ1v) is 9.99. The first-order chi connectivity index (χ1) is 13.6. The van der Waals surface area contributed by atoms with Crippen molar-refractivity contribution >= 4 is 21.5 Å². The summed E-state index contributed by atoms with van der Waals surface area (Å²) in [5.41, 5.74) is 3.58. The van der Waals surface area contributed by atoms with Crippen molar-refractivity contribution in [1.82, 2.24) is 9.78 Å². The summed E-state index contributed by atoms with van der Waals surface area (Å²) in [6, 6.07) is 8.93. The van der Waals surface area contributed by atoms with Crippen LogP contribution in [0.25, 0.3) is 5.69 Å². The molecule has 1 heterocycles. The van der Waals surface area contributed by atoms with E-state index in [-0.39, 0.29) is 16.5 Å². The van der Waals surface area contributed by atoms with Crippen LogP contribution < -0.4 is 4.74 Å². The molecule has 0 aliphatic heterocycles. The van der Waals surface area contributed by atoms with Crippen LogP contribution in [0.1, 0.15) is 16.8 Å². The molecule has 2 N–H and O–H groups in total. The average Bonchev–Trinajstić information content (AvgIpc) is 2.95. The smallest absolute Gasteiger partial charge is 0.294 e. The van der Waals surface area contributed by atoms with E-state index in [4.69, 9.17) is 9.29 Å². The van der Waals surface area contributed by atoms with E-state index in [9.17, 15) is 13.5 Å². The number of ether oxygens (including phenoxy) is 1. The van der Waals surface area contributed by atoms with Crippen LogP contribution in [0.4, 0.5) is 11.4 Å². The number of nitrogens with zero attached hydrogens (tertiary/aromatic N) is 4. The van der Waals surface area contributed by atoms with Crippen molar-refractivity contribution in [3.63, 3.8) is 0 Å². The molecule has 0 saturated heterocycles. The van der Waals surface area contributed by atoms with Crippen molar-refractivity contribution in [2.24, 2.45) is 10.2 Å². The number of aryl methyl sites for hydroxylation is 3. The van der Waals surface area contributed by atoms with Gasteiger partial charge in [-0.2, -0.15) is 18.2 Å². The summed E-state index contributed by atoms with van der Waals surface area (Å²) in [6.07, 6.45) is 0. The summed E-state index contributed by atoms with van der Waals surface area (Å²) < 4.78 is 38.0. The van der Waals surface area contributed by atoms with Gasteiger partial charge in [0.15, 0.2) is 5.69 Å². The maximum absolute atomic E-state index is 11.2. The molecular weight excluding hydrogens is 396 g/mol. The average molecular weight is 416 g/mol. The summed E-state index contributed by atoms with van der Waals surface area (Å²) >= 11 is 0. The molecule has 0 atom stereocenters. The number of aromatic nitrogens is 2. The van der Waals surface area contributed by atoms with Crippen molar-refractivity contribution < 1.29 is 22.8 Å². The third-order valence-electron chi connectivity index (χ3n) is 4.44. The zero-order valence-electron chi connectivity index (χ0n) is 16.3. The van der Waals surface area contributed by atoms with E-state index in [0.717, 1.165) is 11.1 Å². The Hall–Kier alpha value is -3.24. The van der Waals surface area contributed by atoms with Gasteiger partial charge in [-0.3, -0.25) is 4.55 Å². The van der Waals surface area contributed by atoms with Crippen molar-refractivity contribution in [3.05, 3.63) is 53.2 Å². The second kappa shape index (κ2) is 7.64. The van der Waals surface area contributed by atoms with Crippen LogP contribution in [0.3, 0.4) is 0 Å². The van der Waals surface area contributed by atoms with Gasteiger partial charge < -0.3 is 9.84 Å². The molecule has 0 aliphatic rings. The lowest BCUT2D eigenvalue weighted by Crippen LogP contribution is -2.00. The lowest BCUT2D eigenvalue weighted by Gasteiger charge is -2.07. The normalized spacial score (nSPS) is 11.9. The van der Waals surface area contributed by atoms with Gasteiger partial charge in [0, 0.05) is 0 Å². The molecular formula is C19H20N4O5S. The van der Waals surface area contributed by atoms with Crippen LogP contribution in [-0.4, -0.2) is 35.0 Å². The van der Waals surface area contributed by atoms with Crippen LogP contribution in [0.5, 0.6) is 11.6 Å². The van der Waals surface area contributed by atoms with E-state index in [1.807, 2.05) is 26.0 Å². The Balaban J connectivity index is 1.99. The Morgan fingerprint density at radius 2 is 1.66 bits per heavy atom. The fourth-order valence-electron chi connectivity index (χ4n) is 2.68. The van der Waals surface area contributed by atoms with Crippen LogP contribution in [-0.2, 0) is 10.1 Å². The van der Waals surface area contributed by atoms with E-state index in [1.54, 1.807) is 14.0 Å². The monoisotopic (exact) mass is 416 g/mol. The molecule has 10 heteroatoms. The number of hydrogen-bond donors (Lipinski definition) is 2. The van der Waals surface area contributed by atoms with Crippen molar-refractivity contribution in [3.8, 4) is 17.3 Å². The van der Waals surface area contributed by atoms with Gasteiger partial charge in [0.25, 0.3) is 10.1 Å². The number of rotatable bonds is 5. The van der Waals surface area contributed by atoms with E-state index in [0.29, 0.717) is 22.8 Å². The van der Waals surface area contributed by atoms with Gasteiger partial charge >= 0.3 is 0 Å². The van der Waals surface area contributed by atoms with Gasteiger partial charge in [-0.25, -0.2) is 0 Å². The molecule has 0 fully saturated rings. The molecule has 3 aromatic rings. The van der Waals surface area contributed by atoms with Crippen molar-refractivity contribution in [2.45, 2.75) is 25.7 Å².